The van der Waals surface area contributed by atoms with Crippen LogP contribution in [0.15, 0.2) is 298 Å². The third kappa shape index (κ3) is 11.5. The molecular formula is C89H78N2O. The summed E-state index contributed by atoms with van der Waals surface area (Å²) < 4.78 is 8.87. The van der Waals surface area contributed by atoms with Gasteiger partial charge in [-0.2, -0.15) is 0 Å². The van der Waals surface area contributed by atoms with E-state index in [-0.39, 0.29) is 5.41 Å². The molecule has 3 atom stereocenters. The molecule has 0 bridgehead atoms. The van der Waals surface area contributed by atoms with Crippen LogP contribution in [0.25, 0.3) is 95.3 Å². The van der Waals surface area contributed by atoms with Crippen molar-refractivity contribution in [3.05, 3.63) is 332 Å². The Labute approximate surface area is 543 Å². The second kappa shape index (κ2) is 25.1. The smallest absolute Gasteiger partial charge is 0.119 e. The topological polar surface area (TPSA) is 17.4 Å². The van der Waals surface area contributed by atoms with Crippen molar-refractivity contribution in [1.29, 1.82) is 0 Å². The molecule has 0 saturated carbocycles. The molecule has 0 saturated heterocycles. The lowest BCUT2D eigenvalue weighted by Crippen LogP contribution is -2.30. The molecule has 14 rings (SSSR count). The Balaban J connectivity index is 0.813. The minimum absolute atomic E-state index is 0.0775. The highest BCUT2D eigenvalue weighted by Gasteiger charge is 2.45. The Hall–Kier alpha value is -10.5. The van der Waals surface area contributed by atoms with Gasteiger partial charge in [0.05, 0.1) is 17.6 Å². The summed E-state index contributed by atoms with van der Waals surface area (Å²) in [6.07, 6.45) is 6.88. The first-order chi connectivity index (χ1) is 44.9. The SMILES string of the molecule is C=Cc1ccc(-c2ccc(OCC(C)CCC(C)CC3(c4ccccc4)c4ccccc4-c4ccc(N(c5ccc(-c6ccc(C(C)(C)C)cc6)cc5)c5ccc(-c6ccc7c(c6)c6cc(-c8ccc(C=C)cc8)ccc6n7-c6ccccc6)cc5)cc43)cc2)cc1. The number of rotatable bonds is 19. The van der Waals surface area contributed by atoms with Gasteiger partial charge in [0.15, 0.2) is 0 Å². The number of nitrogens with zero attached hydrogens (tertiary/aromatic N) is 2. The van der Waals surface area contributed by atoms with Gasteiger partial charge in [-0.25, -0.2) is 0 Å². The van der Waals surface area contributed by atoms with Crippen molar-refractivity contribution in [1.82, 2.24) is 4.57 Å². The molecule has 0 amide bonds. The fourth-order valence-electron chi connectivity index (χ4n) is 14.2. The second-order valence-corrected chi connectivity index (χ2v) is 26.4. The van der Waals surface area contributed by atoms with Gasteiger partial charge in [-0.3, -0.25) is 0 Å². The maximum Gasteiger partial charge on any atom is 0.119 e. The predicted octanol–water partition coefficient (Wildman–Crippen LogP) is 24.3. The number of ether oxygens (including phenoxy) is 1. The first kappa shape index (κ1) is 59.2. The van der Waals surface area contributed by atoms with Gasteiger partial charge in [0, 0.05) is 38.9 Å². The average molecular weight is 1190 g/mol. The van der Waals surface area contributed by atoms with Crippen molar-refractivity contribution in [2.45, 2.75) is 64.7 Å². The number of hydrogen-bond acceptors (Lipinski definition) is 2. The molecule has 0 radical (unpaired) electrons. The van der Waals surface area contributed by atoms with Crippen LogP contribution in [-0.2, 0) is 10.8 Å². The molecule has 12 aromatic carbocycles. The van der Waals surface area contributed by atoms with E-state index in [1.54, 1.807) is 0 Å². The molecule has 92 heavy (non-hydrogen) atoms. The van der Waals surface area contributed by atoms with Crippen LogP contribution in [0.2, 0.25) is 0 Å². The van der Waals surface area contributed by atoms with Crippen LogP contribution in [0, 0.1) is 11.8 Å². The lowest BCUT2D eigenvalue weighted by molar-refractivity contribution is 0.240. The maximum absolute atomic E-state index is 6.47. The minimum atomic E-state index is -0.395. The Bertz CT molecular complexity index is 4760. The number of aromatic nitrogens is 1. The second-order valence-electron chi connectivity index (χ2n) is 26.4. The molecular weight excluding hydrogens is 1110 g/mol. The lowest BCUT2D eigenvalue weighted by Gasteiger charge is -2.36. The van der Waals surface area contributed by atoms with E-state index in [1.807, 2.05) is 12.2 Å². The standard InChI is InChI=1S/C89H78N2O/c1-8-63-26-30-65(31-27-63)68-40-51-79(52-41-68)92-60-62(4)25-24-61(3)59-89(74-18-12-10-13-19-74)84-23-17-16-22-80(84)81-53-50-78(58-85(81)89)90(76-46-36-67(37-47-76)66-34-44-73(45-35-66)88(5,6)7)77-48-38-70(39-49-77)72-43-55-87-83(57-72)82-56-71(69-32-28-64(9-2)29-33-69)42-54-86(82)91(87)75-20-14-11-15-21-75/h8-23,26-58,61-62H,1-2,24-25,59-60H2,3-7H3. The lowest BCUT2D eigenvalue weighted by atomic mass is 9.67. The van der Waals surface area contributed by atoms with Crippen LogP contribution in [0.4, 0.5) is 17.1 Å². The molecule has 0 aliphatic heterocycles. The molecule has 3 nitrogen and oxygen atoms in total. The first-order valence-corrected chi connectivity index (χ1v) is 32.7. The van der Waals surface area contributed by atoms with Crippen LogP contribution < -0.4 is 9.64 Å². The minimum Gasteiger partial charge on any atom is -0.493 e. The summed E-state index contributed by atoms with van der Waals surface area (Å²) in [5.41, 5.74) is 26.1. The van der Waals surface area contributed by atoms with Crippen molar-refractivity contribution in [3.63, 3.8) is 0 Å². The monoisotopic (exact) mass is 1190 g/mol. The zero-order valence-electron chi connectivity index (χ0n) is 53.5. The molecule has 1 heterocycles. The third-order valence-corrected chi connectivity index (χ3v) is 19.3. The van der Waals surface area contributed by atoms with Gasteiger partial charge in [0.25, 0.3) is 0 Å². The van der Waals surface area contributed by atoms with Crippen molar-refractivity contribution in [2.75, 3.05) is 11.5 Å². The van der Waals surface area contributed by atoms with Crippen molar-refractivity contribution >= 4 is 51.0 Å². The maximum atomic E-state index is 6.47. The van der Waals surface area contributed by atoms with Crippen molar-refractivity contribution in [2.24, 2.45) is 11.8 Å². The Morgan fingerprint density at radius 3 is 1.39 bits per heavy atom. The van der Waals surface area contributed by atoms with E-state index < -0.39 is 5.41 Å². The third-order valence-electron chi connectivity index (χ3n) is 19.3. The summed E-state index contributed by atoms with van der Waals surface area (Å²) >= 11 is 0. The van der Waals surface area contributed by atoms with E-state index >= 15 is 0 Å². The van der Waals surface area contributed by atoms with Gasteiger partial charge in [-0.1, -0.05) is 267 Å². The summed E-state index contributed by atoms with van der Waals surface area (Å²) in [6, 6.07) is 106. The molecule has 0 fully saturated rings. The number of fused-ring (bicyclic) bond motifs is 6. The fraction of sp³-hybridized carbons (Fsp3) is 0.146. The molecule has 3 unspecified atom stereocenters. The molecule has 0 spiro atoms. The van der Waals surface area contributed by atoms with E-state index in [2.05, 4.69) is 342 Å². The Morgan fingerprint density at radius 1 is 0.424 bits per heavy atom. The van der Waals surface area contributed by atoms with Gasteiger partial charge >= 0.3 is 0 Å². The van der Waals surface area contributed by atoms with Gasteiger partial charge in [-0.15, -0.1) is 0 Å². The Kier molecular flexibility index (Phi) is 16.1. The predicted molar refractivity (Wildman–Crippen MR) is 392 cm³/mol. The highest BCUT2D eigenvalue weighted by Crippen LogP contribution is 2.57. The van der Waals surface area contributed by atoms with E-state index in [4.69, 9.17) is 4.74 Å². The quantitative estimate of drug-likeness (QED) is 0.0803. The molecule has 3 heteroatoms. The van der Waals surface area contributed by atoms with E-state index in [1.165, 1.54) is 94.1 Å². The first-order valence-electron chi connectivity index (χ1n) is 32.7. The summed E-state index contributed by atoms with van der Waals surface area (Å²) in [4.78, 5) is 2.47. The van der Waals surface area contributed by atoms with Crippen LogP contribution >= 0.6 is 0 Å². The van der Waals surface area contributed by atoms with Crippen LogP contribution in [0.5, 0.6) is 5.75 Å². The molecule has 0 N–H and O–H groups in total. The van der Waals surface area contributed by atoms with Gasteiger partial charge in [-0.05, 0) is 204 Å². The summed E-state index contributed by atoms with van der Waals surface area (Å²) in [6.45, 7) is 20.2. The van der Waals surface area contributed by atoms with Crippen molar-refractivity contribution in [3.8, 4) is 67.1 Å². The van der Waals surface area contributed by atoms with Crippen LogP contribution in [0.1, 0.15) is 87.3 Å². The van der Waals surface area contributed by atoms with Crippen LogP contribution in [-0.4, -0.2) is 11.2 Å². The molecule has 1 aliphatic carbocycles. The van der Waals surface area contributed by atoms with Gasteiger partial charge < -0.3 is 14.2 Å². The number of para-hydroxylation sites is 1. The van der Waals surface area contributed by atoms with Gasteiger partial charge in [0.1, 0.15) is 5.75 Å². The number of benzene rings is 12. The van der Waals surface area contributed by atoms with Crippen LogP contribution in [0.3, 0.4) is 0 Å². The van der Waals surface area contributed by atoms with Crippen molar-refractivity contribution < 1.29 is 4.74 Å². The highest BCUT2D eigenvalue weighted by atomic mass is 16.5. The fourth-order valence-corrected chi connectivity index (χ4v) is 14.2. The molecule has 450 valence electrons. The largest absolute Gasteiger partial charge is 0.493 e. The Morgan fingerprint density at radius 2 is 0.859 bits per heavy atom. The molecule has 1 aromatic heterocycles. The zero-order valence-corrected chi connectivity index (χ0v) is 53.5. The average Bonchev–Trinajstić information content (AvgIpc) is 1.54. The zero-order chi connectivity index (χ0) is 62.9. The highest BCUT2D eigenvalue weighted by molar-refractivity contribution is 6.11. The summed E-state index contributed by atoms with van der Waals surface area (Å²) in [5.74, 6) is 1.68. The van der Waals surface area contributed by atoms with E-state index in [0.29, 0.717) is 18.4 Å². The summed E-state index contributed by atoms with van der Waals surface area (Å²) in [7, 11) is 0. The van der Waals surface area contributed by atoms with E-state index in [9.17, 15) is 0 Å². The summed E-state index contributed by atoms with van der Waals surface area (Å²) in [5, 5.41) is 2.43. The van der Waals surface area contributed by atoms with Gasteiger partial charge in [0.2, 0.25) is 0 Å². The van der Waals surface area contributed by atoms with E-state index in [0.717, 1.165) is 64.5 Å². The molecule has 1 aliphatic rings. The number of hydrogen-bond donors (Lipinski definition) is 0. The molecule has 13 aromatic rings. The number of anilines is 3. The normalized spacial score (nSPS) is 14.1.